The summed E-state index contributed by atoms with van der Waals surface area (Å²) in [5.41, 5.74) is 5.96. The average molecular weight is 538 g/mol. The fourth-order valence-corrected chi connectivity index (χ4v) is 5.66. The van der Waals surface area contributed by atoms with Gasteiger partial charge in [0, 0.05) is 36.3 Å². The van der Waals surface area contributed by atoms with Crippen LogP contribution in [0, 0.1) is 0 Å². The summed E-state index contributed by atoms with van der Waals surface area (Å²) in [5.74, 6) is 0.233. The number of rotatable bonds is 8. The third-order valence-electron chi connectivity index (χ3n) is 5.87. The van der Waals surface area contributed by atoms with Crippen molar-refractivity contribution in [2.45, 2.75) is 23.8 Å². The van der Waals surface area contributed by atoms with E-state index in [4.69, 9.17) is 4.74 Å². The number of methoxy groups -OCH3 is 1. The predicted octanol–water partition coefficient (Wildman–Crippen LogP) is 3.92. The van der Waals surface area contributed by atoms with Crippen LogP contribution in [0.15, 0.2) is 65.7 Å². The summed E-state index contributed by atoms with van der Waals surface area (Å²) in [4.78, 5) is 48.8. The van der Waals surface area contributed by atoms with Crippen LogP contribution in [0.4, 0.5) is 0 Å². The van der Waals surface area contributed by atoms with E-state index in [2.05, 4.69) is 27.4 Å². The molecule has 9 nitrogen and oxygen atoms in total. The molecule has 1 fully saturated rings. The maximum atomic E-state index is 13.1. The van der Waals surface area contributed by atoms with Crippen molar-refractivity contribution in [1.82, 2.24) is 25.7 Å². The van der Waals surface area contributed by atoms with E-state index in [-0.39, 0.29) is 17.5 Å². The van der Waals surface area contributed by atoms with Gasteiger partial charge in [-0.05, 0) is 37.1 Å². The number of ether oxygens (including phenoxy) is 1. The maximum Gasteiger partial charge on any atom is 0.289 e. The van der Waals surface area contributed by atoms with Crippen molar-refractivity contribution in [3.63, 3.8) is 0 Å². The third kappa shape index (κ3) is 6.36. The number of hydrazine groups is 1. The summed E-state index contributed by atoms with van der Waals surface area (Å²) >= 11 is 2.90. The lowest BCUT2D eigenvalue weighted by Crippen LogP contribution is -2.42. The normalized spacial score (nSPS) is 13.6. The van der Waals surface area contributed by atoms with Crippen molar-refractivity contribution in [2.75, 3.05) is 26.0 Å². The van der Waals surface area contributed by atoms with E-state index in [1.54, 1.807) is 48.0 Å². The van der Waals surface area contributed by atoms with Crippen LogP contribution in [0.2, 0.25) is 0 Å². The first-order chi connectivity index (χ1) is 18.0. The summed E-state index contributed by atoms with van der Waals surface area (Å²) < 4.78 is 5.18. The largest absolute Gasteiger partial charge is 0.496 e. The van der Waals surface area contributed by atoms with Gasteiger partial charge in [-0.15, -0.1) is 29.7 Å². The summed E-state index contributed by atoms with van der Waals surface area (Å²) in [7, 11) is 1.47. The van der Waals surface area contributed by atoms with Crippen molar-refractivity contribution in [3.05, 3.63) is 82.5 Å². The molecule has 3 amide bonds. The second-order valence-corrected chi connectivity index (χ2v) is 10.1. The molecule has 3 heterocycles. The van der Waals surface area contributed by atoms with E-state index in [0.29, 0.717) is 40.7 Å². The minimum absolute atomic E-state index is 0.0249. The Hall–Kier alpha value is -3.70. The number of hydrogen-bond donors (Lipinski definition) is 2. The van der Waals surface area contributed by atoms with Crippen LogP contribution in [0.3, 0.4) is 0 Å². The van der Waals surface area contributed by atoms with Gasteiger partial charge in [-0.25, -0.2) is 9.97 Å². The lowest BCUT2D eigenvalue weighted by molar-refractivity contribution is 0.0708. The summed E-state index contributed by atoms with van der Waals surface area (Å²) in [6.07, 6.45) is 4.98. The molecule has 2 N–H and O–H groups in total. The fraction of sp³-hybridized carbons (Fsp3) is 0.269. The number of carbonyl (C=O) groups is 3. The molecule has 192 valence electrons. The van der Waals surface area contributed by atoms with Gasteiger partial charge in [0.15, 0.2) is 0 Å². The van der Waals surface area contributed by atoms with E-state index < -0.39 is 11.8 Å². The second-order valence-electron chi connectivity index (χ2n) is 8.20. The highest BCUT2D eigenvalue weighted by Crippen LogP contribution is 2.31. The standard InChI is InChI=1S/C26H27N5O4S2/c1-3-15-36-25-19(8-6-12-27-25)26(34)31-13-10-17(11-14-31)24-28-20(16-37-24)23(33)30-29-22(32)18-7-4-5-9-21(18)35-2/h3-9,12,16-17H,1,10-11,13-15H2,2H3,(H,29,32)(H,30,33). The molecule has 0 atom stereocenters. The molecule has 4 rings (SSSR count). The van der Waals surface area contributed by atoms with E-state index in [0.717, 1.165) is 17.8 Å². The third-order valence-corrected chi connectivity index (χ3v) is 7.87. The number of para-hydroxylation sites is 1. The Morgan fingerprint density at radius 3 is 2.62 bits per heavy atom. The van der Waals surface area contributed by atoms with Gasteiger partial charge in [-0.1, -0.05) is 18.2 Å². The molecular formula is C26H27N5O4S2. The van der Waals surface area contributed by atoms with Crippen LogP contribution in [-0.4, -0.2) is 58.5 Å². The maximum absolute atomic E-state index is 13.1. The summed E-state index contributed by atoms with van der Waals surface area (Å²) in [6.45, 7) is 4.92. The Bertz CT molecular complexity index is 1290. The highest BCUT2D eigenvalue weighted by Gasteiger charge is 2.28. The molecule has 0 unspecified atom stereocenters. The lowest BCUT2D eigenvalue weighted by Gasteiger charge is -2.31. The van der Waals surface area contributed by atoms with Crippen LogP contribution < -0.4 is 15.6 Å². The molecule has 37 heavy (non-hydrogen) atoms. The molecule has 0 aliphatic carbocycles. The van der Waals surface area contributed by atoms with Gasteiger partial charge < -0.3 is 9.64 Å². The van der Waals surface area contributed by atoms with Crippen molar-refractivity contribution in [3.8, 4) is 5.75 Å². The molecule has 3 aromatic rings. The molecular weight excluding hydrogens is 510 g/mol. The van der Waals surface area contributed by atoms with Crippen LogP contribution in [-0.2, 0) is 0 Å². The van der Waals surface area contributed by atoms with Crippen LogP contribution >= 0.6 is 23.1 Å². The number of pyridine rings is 1. The monoisotopic (exact) mass is 537 g/mol. The van der Waals surface area contributed by atoms with E-state index >= 15 is 0 Å². The zero-order valence-corrected chi connectivity index (χ0v) is 21.9. The molecule has 2 aromatic heterocycles. The van der Waals surface area contributed by atoms with Crippen LogP contribution in [0.1, 0.15) is 55.0 Å². The van der Waals surface area contributed by atoms with Gasteiger partial charge in [0.05, 0.1) is 23.2 Å². The Labute approximate surface area is 223 Å². The Balaban J connectivity index is 1.31. The van der Waals surface area contributed by atoms with E-state index in [9.17, 15) is 14.4 Å². The number of nitrogens with zero attached hydrogens (tertiary/aromatic N) is 3. The molecule has 0 spiro atoms. The topological polar surface area (TPSA) is 114 Å². The number of amides is 3. The van der Waals surface area contributed by atoms with Gasteiger partial charge in [0.25, 0.3) is 17.7 Å². The smallest absolute Gasteiger partial charge is 0.289 e. The van der Waals surface area contributed by atoms with Crippen LogP contribution in [0.25, 0.3) is 0 Å². The van der Waals surface area contributed by atoms with E-state index in [1.807, 2.05) is 11.0 Å². The number of likely N-dealkylation sites (tertiary alicyclic amines) is 1. The number of thiazole rings is 1. The first-order valence-corrected chi connectivity index (χ1v) is 13.6. The zero-order chi connectivity index (χ0) is 26.2. The Morgan fingerprint density at radius 2 is 1.86 bits per heavy atom. The number of carbonyl (C=O) groups excluding carboxylic acids is 3. The van der Waals surface area contributed by atoms with Gasteiger partial charge in [0.1, 0.15) is 16.5 Å². The number of nitrogens with one attached hydrogen (secondary N) is 2. The van der Waals surface area contributed by atoms with Crippen LogP contribution in [0.5, 0.6) is 5.75 Å². The lowest BCUT2D eigenvalue weighted by atomic mass is 9.97. The van der Waals surface area contributed by atoms with Crippen molar-refractivity contribution >= 4 is 40.8 Å². The average Bonchev–Trinajstić information content (AvgIpc) is 3.45. The molecule has 11 heteroatoms. The molecule has 0 radical (unpaired) electrons. The fourth-order valence-electron chi connectivity index (χ4n) is 3.96. The first kappa shape index (κ1) is 26.4. The highest BCUT2D eigenvalue weighted by atomic mass is 32.2. The molecule has 1 aromatic carbocycles. The number of aromatic nitrogens is 2. The summed E-state index contributed by atoms with van der Waals surface area (Å²) in [6, 6.07) is 10.3. The minimum atomic E-state index is -0.500. The predicted molar refractivity (Wildman–Crippen MR) is 143 cm³/mol. The van der Waals surface area contributed by atoms with Crippen molar-refractivity contribution in [1.29, 1.82) is 0 Å². The Morgan fingerprint density at radius 1 is 1.14 bits per heavy atom. The second kappa shape index (κ2) is 12.5. The SMILES string of the molecule is C=CCSc1ncccc1C(=O)N1CCC(c2nc(C(=O)NNC(=O)c3ccccc3OC)cs2)CC1. The van der Waals surface area contributed by atoms with Gasteiger partial charge in [-0.3, -0.25) is 25.2 Å². The van der Waals surface area contributed by atoms with Crippen molar-refractivity contribution in [2.24, 2.45) is 0 Å². The number of hydrogen-bond acceptors (Lipinski definition) is 8. The van der Waals surface area contributed by atoms with Gasteiger partial charge in [-0.2, -0.15) is 0 Å². The summed E-state index contributed by atoms with van der Waals surface area (Å²) in [5, 5.41) is 3.23. The molecule has 0 saturated carbocycles. The Kier molecular flexibility index (Phi) is 8.91. The quantitative estimate of drug-likeness (QED) is 0.254. The molecule has 0 bridgehead atoms. The number of piperidine rings is 1. The first-order valence-electron chi connectivity index (χ1n) is 11.7. The minimum Gasteiger partial charge on any atom is -0.496 e. The zero-order valence-electron chi connectivity index (χ0n) is 20.3. The molecule has 1 saturated heterocycles. The highest BCUT2D eigenvalue weighted by molar-refractivity contribution is 7.99. The number of thioether (sulfide) groups is 1. The molecule has 1 aliphatic heterocycles. The van der Waals surface area contributed by atoms with Gasteiger partial charge in [0.2, 0.25) is 0 Å². The van der Waals surface area contributed by atoms with Crippen molar-refractivity contribution < 1.29 is 19.1 Å². The van der Waals surface area contributed by atoms with Gasteiger partial charge >= 0.3 is 0 Å². The van der Waals surface area contributed by atoms with E-state index in [1.165, 1.54) is 30.2 Å². The molecule has 1 aliphatic rings. The number of benzene rings is 1.